The standard InChI is InChI=1S/C50H79NO17/c1-6-23-64-48(62)43-40(57)29-50(63)28-36(54)25-39(56)38(55)22-21-34(52)24-35(53)26-42(58)65-32(4)31(3)45(59)30(2)19-17-15-13-11-9-7-8-10-12-14-16-18-20-37(27-41(43)68-50)67-49-47(61)44(51)46(60)33(5)66-49/h7-20,30-41,43-47,49,52-57,59-61,63H,6,21-29,51H2,1-5H3/b8-7+,11-9+,12-10+,15-13+,16-14+,19-17+,20-18+/t30-,31-,32-,33+,34+,35+,36-,37-,38+,39+,40-,41?,43+,44-,45+,46+,47+,49?,50+/m0/s1. The van der Waals surface area contributed by atoms with Gasteiger partial charge in [0.1, 0.15) is 18.1 Å². The van der Waals surface area contributed by atoms with E-state index in [2.05, 4.69) is 0 Å². The van der Waals surface area contributed by atoms with Crippen molar-refractivity contribution >= 4 is 11.9 Å². The molecule has 3 aliphatic heterocycles. The van der Waals surface area contributed by atoms with Gasteiger partial charge < -0.3 is 80.5 Å². The Labute approximate surface area is 400 Å². The Hall–Kier alpha value is -3.44. The number of nitrogens with two attached hydrogens (primary N) is 1. The highest BCUT2D eigenvalue weighted by molar-refractivity contribution is 5.74. The number of hydrogen-bond acceptors (Lipinski definition) is 18. The molecule has 68 heavy (non-hydrogen) atoms. The molecule has 3 rings (SSSR count). The van der Waals surface area contributed by atoms with E-state index in [1.54, 1.807) is 76.3 Å². The number of carbonyl (C=O) groups is 2. The topological polar surface area (TPSA) is 309 Å². The summed E-state index contributed by atoms with van der Waals surface area (Å²) in [5, 5.41) is 109. The quantitative estimate of drug-likeness (QED) is 0.174. The molecule has 2 unspecified atom stereocenters. The number of rotatable bonds is 5. The zero-order valence-corrected chi connectivity index (χ0v) is 40.0. The van der Waals surface area contributed by atoms with Crippen molar-refractivity contribution in [2.75, 3.05) is 6.61 Å². The predicted molar refractivity (Wildman–Crippen MR) is 251 cm³/mol. The smallest absolute Gasteiger partial charge is 0.314 e. The molecule has 3 aliphatic rings. The third-order valence-corrected chi connectivity index (χ3v) is 12.5. The van der Waals surface area contributed by atoms with E-state index in [1.165, 1.54) is 0 Å². The third kappa shape index (κ3) is 19.8. The van der Waals surface area contributed by atoms with Crippen molar-refractivity contribution in [3.8, 4) is 0 Å². The largest absolute Gasteiger partial charge is 0.465 e. The molecule has 0 aromatic heterocycles. The second-order valence-electron chi connectivity index (χ2n) is 18.4. The highest BCUT2D eigenvalue weighted by atomic mass is 16.7. The first kappa shape index (κ1) is 58.9. The zero-order valence-electron chi connectivity index (χ0n) is 40.0. The van der Waals surface area contributed by atoms with E-state index < -0.39 is 147 Å². The van der Waals surface area contributed by atoms with Gasteiger partial charge in [-0.2, -0.15) is 0 Å². The predicted octanol–water partition coefficient (Wildman–Crippen LogP) is 1.58. The van der Waals surface area contributed by atoms with E-state index in [1.807, 2.05) is 43.4 Å². The number of carbonyl (C=O) groups excluding carboxylic acids is 2. The Balaban J connectivity index is 1.91. The molecular formula is C50H79NO17. The van der Waals surface area contributed by atoms with Gasteiger partial charge in [-0.25, -0.2) is 0 Å². The molecule has 0 aromatic rings. The summed E-state index contributed by atoms with van der Waals surface area (Å²) in [4.78, 5) is 26.1. The van der Waals surface area contributed by atoms with E-state index in [4.69, 9.17) is 29.4 Å². The number of fused-ring (bicyclic) bond motifs is 2. The molecule has 0 aromatic carbocycles. The molecule has 0 aliphatic carbocycles. The summed E-state index contributed by atoms with van der Waals surface area (Å²) in [5.41, 5.74) is 6.08. The first-order chi connectivity index (χ1) is 32.2. The normalized spacial score (nSPS) is 44.0. The van der Waals surface area contributed by atoms with Crippen molar-refractivity contribution in [3.63, 3.8) is 0 Å². The Morgan fingerprint density at radius 2 is 1.28 bits per heavy atom. The van der Waals surface area contributed by atoms with Crippen molar-refractivity contribution in [3.05, 3.63) is 85.1 Å². The number of aliphatic hydroxyl groups excluding tert-OH is 9. The molecule has 19 atom stereocenters. The Kier molecular flexibility index (Phi) is 25.7. The summed E-state index contributed by atoms with van der Waals surface area (Å²) in [6.07, 6.45) is 5.07. The van der Waals surface area contributed by atoms with Crippen molar-refractivity contribution < 1.29 is 84.3 Å². The molecule has 0 amide bonds. The van der Waals surface area contributed by atoms with Crippen LogP contribution in [0.3, 0.4) is 0 Å². The summed E-state index contributed by atoms with van der Waals surface area (Å²) in [6.45, 7) is 8.61. The summed E-state index contributed by atoms with van der Waals surface area (Å²) >= 11 is 0. The van der Waals surface area contributed by atoms with Crippen LogP contribution in [0.5, 0.6) is 0 Å². The van der Waals surface area contributed by atoms with Gasteiger partial charge in [-0.1, -0.05) is 106 Å². The van der Waals surface area contributed by atoms with Gasteiger partial charge in [0, 0.05) is 37.5 Å². The van der Waals surface area contributed by atoms with Crippen molar-refractivity contribution in [1.29, 1.82) is 0 Å². The lowest BCUT2D eigenvalue weighted by molar-refractivity contribution is -0.309. The maximum Gasteiger partial charge on any atom is 0.314 e. The SMILES string of the molecule is CCCOC(=O)[C@H]1C2C[C@@H](OC3O[C@H](C)[C@@H](O)[C@H](N)[C@H]3O)/C=C/C=C/C=C/C=C/C=C/C=C/C=C/[C@H](C)[C@@H](O)[C@@H](C)[C@H](C)OC(=O)C[C@H](O)C[C@H](O)CC[C@@H](O)[C@H](O)C[C@H](O)C[C@](O)(C[C@@H]1O)O2. The van der Waals surface area contributed by atoms with Gasteiger partial charge in [0.2, 0.25) is 0 Å². The van der Waals surface area contributed by atoms with Crippen molar-refractivity contribution in [1.82, 2.24) is 0 Å². The van der Waals surface area contributed by atoms with E-state index in [0.717, 1.165) is 0 Å². The first-order valence-corrected chi connectivity index (χ1v) is 23.8. The number of aliphatic hydroxyl groups is 10. The van der Waals surface area contributed by atoms with Gasteiger partial charge in [-0.05, 0) is 39.5 Å². The number of hydrogen-bond donors (Lipinski definition) is 11. The lowest BCUT2D eigenvalue weighted by Crippen LogP contribution is -2.61. The average molecular weight is 966 g/mol. The molecule has 0 spiro atoms. The summed E-state index contributed by atoms with van der Waals surface area (Å²) in [7, 11) is 0. The highest BCUT2D eigenvalue weighted by Gasteiger charge is 2.51. The van der Waals surface area contributed by atoms with Crippen molar-refractivity contribution in [2.24, 2.45) is 23.5 Å². The third-order valence-electron chi connectivity index (χ3n) is 12.5. The summed E-state index contributed by atoms with van der Waals surface area (Å²) < 4.78 is 29.0. The van der Waals surface area contributed by atoms with E-state index in [9.17, 15) is 60.7 Å². The number of esters is 2. The lowest BCUT2D eigenvalue weighted by atomic mass is 9.82. The van der Waals surface area contributed by atoms with Crippen molar-refractivity contribution in [2.45, 2.75) is 190 Å². The molecule has 0 saturated carbocycles. The fourth-order valence-corrected chi connectivity index (χ4v) is 8.25. The van der Waals surface area contributed by atoms with Crippen LogP contribution in [0, 0.1) is 17.8 Å². The van der Waals surface area contributed by atoms with Gasteiger partial charge in [0.25, 0.3) is 0 Å². The zero-order chi connectivity index (χ0) is 50.6. The second-order valence-corrected chi connectivity index (χ2v) is 18.4. The van der Waals surface area contributed by atoms with E-state index in [0.29, 0.717) is 6.42 Å². The molecule has 2 bridgehead atoms. The molecule has 3 heterocycles. The number of allylic oxidation sites excluding steroid dienone is 12. The molecular weight excluding hydrogens is 887 g/mol. The molecule has 18 heteroatoms. The fourth-order valence-electron chi connectivity index (χ4n) is 8.25. The number of cyclic esters (lactones) is 1. The van der Waals surface area contributed by atoms with Crippen LogP contribution in [0.1, 0.15) is 92.4 Å². The van der Waals surface area contributed by atoms with Gasteiger partial charge in [-0.3, -0.25) is 9.59 Å². The Morgan fingerprint density at radius 3 is 1.88 bits per heavy atom. The minimum atomic E-state index is -2.27. The van der Waals surface area contributed by atoms with Crippen LogP contribution in [0.2, 0.25) is 0 Å². The van der Waals surface area contributed by atoms with Crippen LogP contribution in [0.4, 0.5) is 0 Å². The van der Waals surface area contributed by atoms with E-state index in [-0.39, 0.29) is 38.2 Å². The van der Waals surface area contributed by atoms with Gasteiger partial charge in [-0.15, -0.1) is 0 Å². The maximum absolute atomic E-state index is 13.4. The average Bonchev–Trinajstić information content (AvgIpc) is 3.26. The van der Waals surface area contributed by atoms with Gasteiger partial charge >= 0.3 is 11.9 Å². The summed E-state index contributed by atoms with van der Waals surface area (Å²) in [5.74, 6) is -5.88. The number of ether oxygens (including phenoxy) is 5. The lowest BCUT2D eigenvalue weighted by Gasteiger charge is -2.45. The summed E-state index contributed by atoms with van der Waals surface area (Å²) in [6, 6.07) is -1.13. The Bertz CT molecular complexity index is 1720. The molecule has 18 nitrogen and oxygen atoms in total. The maximum atomic E-state index is 13.4. The molecule has 0 radical (unpaired) electrons. The van der Waals surface area contributed by atoms with Crippen LogP contribution < -0.4 is 5.73 Å². The highest BCUT2D eigenvalue weighted by Crippen LogP contribution is 2.38. The van der Waals surface area contributed by atoms with Crippen LogP contribution in [-0.2, 0) is 33.3 Å². The van der Waals surface area contributed by atoms with Crippen LogP contribution in [0.15, 0.2) is 85.1 Å². The molecule has 12 N–H and O–H groups in total. The monoisotopic (exact) mass is 966 g/mol. The van der Waals surface area contributed by atoms with Gasteiger partial charge in [0.15, 0.2) is 12.1 Å². The van der Waals surface area contributed by atoms with Crippen LogP contribution >= 0.6 is 0 Å². The fraction of sp³-hybridized carbons (Fsp3) is 0.680. The second kappa shape index (κ2) is 29.7. The minimum Gasteiger partial charge on any atom is -0.465 e. The molecule has 2 fully saturated rings. The molecule has 386 valence electrons. The van der Waals surface area contributed by atoms with Gasteiger partial charge in [0.05, 0.1) is 86.2 Å². The molecule has 2 saturated heterocycles. The Morgan fingerprint density at radius 1 is 0.691 bits per heavy atom. The van der Waals surface area contributed by atoms with Crippen LogP contribution in [-0.4, -0.2) is 167 Å². The first-order valence-electron chi connectivity index (χ1n) is 23.8. The van der Waals surface area contributed by atoms with Crippen LogP contribution in [0.25, 0.3) is 0 Å². The minimum absolute atomic E-state index is 0.0350. The van der Waals surface area contributed by atoms with E-state index >= 15 is 0 Å².